The quantitative estimate of drug-likeness (QED) is 0.616. The molecule has 2 N–H and O–H groups in total. The summed E-state index contributed by atoms with van der Waals surface area (Å²) in [5, 5.41) is 2.70. The summed E-state index contributed by atoms with van der Waals surface area (Å²) in [6.07, 6.45) is 0. The maximum atomic E-state index is 12.9. The molecule has 0 fully saturated rings. The van der Waals surface area contributed by atoms with Crippen molar-refractivity contribution in [3.8, 4) is 11.5 Å². The number of carbonyl (C=O) groups is 1. The largest absolute Gasteiger partial charge is 0.495 e. The maximum absolute atomic E-state index is 12.9. The average Bonchev–Trinajstić information content (AvgIpc) is 2.74. The van der Waals surface area contributed by atoms with Crippen molar-refractivity contribution in [1.82, 2.24) is 0 Å². The molecule has 1 amide bonds. The molecule has 7 nitrogen and oxygen atoms in total. The third kappa shape index (κ3) is 4.67. The van der Waals surface area contributed by atoms with Crippen LogP contribution in [0.3, 0.4) is 0 Å². The summed E-state index contributed by atoms with van der Waals surface area (Å²) in [5.74, 6) is 0.351. The van der Waals surface area contributed by atoms with E-state index in [1.54, 1.807) is 54.6 Å². The van der Waals surface area contributed by atoms with Crippen LogP contribution in [0.25, 0.3) is 0 Å². The van der Waals surface area contributed by atoms with Crippen LogP contribution in [0, 0.1) is 0 Å². The van der Waals surface area contributed by atoms with E-state index in [-0.39, 0.29) is 16.5 Å². The zero-order valence-corrected chi connectivity index (χ0v) is 16.7. The van der Waals surface area contributed by atoms with Gasteiger partial charge in [-0.05, 0) is 42.5 Å². The molecule has 8 heteroatoms. The number of methoxy groups -OCH3 is 2. The molecule has 3 aromatic carbocycles. The van der Waals surface area contributed by atoms with Gasteiger partial charge in [-0.25, -0.2) is 8.42 Å². The van der Waals surface area contributed by atoms with E-state index in [1.165, 1.54) is 32.4 Å². The second kappa shape index (κ2) is 8.66. The number of para-hydroxylation sites is 2. The Morgan fingerprint density at radius 3 is 2.10 bits per heavy atom. The van der Waals surface area contributed by atoms with Crippen molar-refractivity contribution in [3.63, 3.8) is 0 Å². The minimum Gasteiger partial charge on any atom is -0.495 e. The summed E-state index contributed by atoms with van der Waals surface area (Å²) in [5.41, 5.74) is 0.986. The Bertz CT molecular complexity index is 1110. The minimum absolute atomic E-state index is 0.0347. The molecule has 29 heavy (non-hydrogen) atoms. The number of rotatable bonds is 7. The SMILES string of the molecule is COc1ccc(S(=O)(=O)Nc2ccccc2OC)cc1NC(=O)c1ccccc1. The third-order valence-electron chi connectivity index (χ3n) is 4.12. The normalized spacial score (nSPS) is 10.8. The Morgan fingerprint density at radius 2 is 1.41 bits per heavy atom. The predicted octanol–water partition coefficient (Wildman–Crippen LogP) is 3.76. The zero-order chi connectivity index (χ0) is 20.9. The first-order valence-electron chi connectivity index (χ1n) is 8.65. The average molecular weight is 412 g/mol. The summed E-state index contributed by atoms with van der Waals surface area (Å²) >= 11 is 0. The minimum atomic E-state index is -3.93. The lowest BCUT2D eigenvalue weighted by Crippen LogP contribution is -2.16. The Kier molecular flexibility index (Phi) is 6.04. The van der Waals surface area contributed by atoms with Crippen LogP contribution < -0.4 is 19.5 Å². The number of anilines is 2. The number of ether oxygens (including phenoxy) is 2. The number of sulfonamides is 1. The van der Waals surface area contributed by atoms with Gasteiger partial charge in [0.05, 0.1) is 30.5 Å². The fourth-order valence-electron chi connectivity index (χ4n) is 2.67. The van der Waals surface area contributed by atoms with E-state index in [4.69, 9.17) is 9.47 Å². The highest BCUT2D eigenvalue weighted by atomic mass is 32.2. The molecule has 0 saturated heterocycles. The van der Waals surface area contributed by atoms with Crippen LogP contribution in [0.2, 0.25) is 0 Å². The van der Waals surface area contributed by atoms with Crippen molar-refractivity contribution in [2.75, 3.05) is 24.3 Å². The zero-order valence-electron chi connectivity index (χ0n) is 15.9. The van der Waals surface area contributed by atoms with Crippen molar-refractivity contribution < 1.29 is 22.7 Å². The Balaban J connectivity index is 1.92. The number of benzene rings is 3. The second-order valence-electron chi connectivity index (χ2n) is 5.99. The fourth-order valence-corrected chi connectivity index (χ4v) is 3.76. The lowest BCUT2D eigenvalue weighted by molar-refractivity contribution is 0.102. The Morgan fingerprint density at radius 1 is 0.793 bits per heavy atom. The summed E-state index contributed by atoms with van der Waals surface area (Å²) in [6, 6.07) is 19.5. The maximum Gasteiger partial charge on any atom is 0.262 e. The van der Waals surface area contributed by atoms with Crippen molar-refractivity contribution >= 4 is 27.3 Å². The third-order valence-corrected chi connectivity index (χ3v) is 5.48. The predicted molar refractivity (Wildman–Crippen MR) is 111 cm³/mol. The van der Waals surface area contributed by atoms with Crippen LogP contribution in [-0.2, 0) is 10.0 Å². The topological polar surface area (TPSA) is 93.7 Å². The van der Waals surface area contributed by atoms with Gasteiger partial charge in [-0.15, -0.1) is 0 Å². The number of carbonyl (C=O) groups excluding carboxylic acids is 1. The van der Waals surface area contributed by atoms with Gasteiger partial charge in [0.15, 0.2) is 0 Å². The standard InChI is InChI=1S/C21H20N2O5S/c1-27-19-11-7-6-10-17(19)23-29(25,26)16-12-13-20(28-2)18(14-16)22-21(24)15-8-4-3-5-9-15/h3-14,23H,1-2H3,(H,22,24). The number of nitrogens with one attached hydrogen (secondary N) is 2. The van der Waals surface area contributed by atoms with Gasteiger partial charge < -0.3 is 14.8 Å². The number of amides is 1. The van der Waals surface area contributed by atoms with Crippen molar-refractivity contribution in [3.05, 3.63) is 78.4 Å². The number of hydrogen-bond acceptors (Lipinski definition) is 5. The summed E-state index contributed by atoms with van der Waals surface area (Å²) in [7, 11) is -1.04. The lowest BCUT2D eigenvalue weighted by atomic mass is 10.2. The van der Waals surface area contributed by atoms with Crippen LogP contribution in [0.1, 0.15) is 10.4 Å². The van der Waals surface area contributed by atoms with E-state index in [0.717, 1.165) is 0 Å². The van der Waals surface area contributed by atoms with E-state index in [1.807, 2.05) is 0 Å². The van der Waals surface area contributed by atoms with Crippen LogP contribution in [-0.4, -0.2) is 28.5 Å². The molecule has 0 aliphatic heterocycles. The first-order valence-corrected chi connectivity index (χ1v) is 10.1. The van der Waals surface area contributed by atoms with E-state index in [9.17, 15) is 13.2 Å². The first-order chi connectivity index (χ1) is 13.9. The summed E-state index contributed by atoms with van der Waals surface area (Å²) in [6.45, 7) is 0. The monoisotopic (exact) mass is 412 g/mol. The molecule has 3 rings (SSSR count). The number of hydrogen-bond donors (Lipinski definition) is 2. The van der Waals surface area contributed by atoms with Gasteiger partial charge in [0.1, 0.15) is 11.5 Å². The molecule has 0 bridgehead atoms. The van der Waals surface area contributed by atoms with Gasteiger partial charge >= 0.3 is 0 Å². The molecule has 0 aliphatic rings. The van der Waals surface area contributed by atoms with E-state index in [0.29, 0.717) is 22.7 Å². The molecular formula is C21H20N2O5S. The van der Waals surface area contributed by atoms with Crippen molar-refractivity contribution in [2.45, 2.75) is 4.90 Å². The molecule has 0 aliphatic carbocycles. The van der Waals surface area contributed by atoms with Crippen molar-refractivity contribution in [2.24, 2.45) is 0 Å². The molecule has 0 spiro atoms. The van der Waals surface area contributed by atoms with E-state index in [2.05, 4.69) is 10.0 Å². The van der Waals surface area contributed by atoms with Gasteiger partial charge in [-0.2, -0.15) is 0 Å². The van der Waals surface area contributed by atoms with Gasteiger partial charge in [-0.1, -0.05) is 30.3 Å². The molecule has 0 atom stereocenters. The molecule has 0 aromatic heterocycles. The Labute approximate surface area is 169 Å². The molecular weight excluding hydrogens is 392 g/mol. The van der Waals surface area contributed by atoms with E-state index < -0.39 is 10.0 Å². The van der Waals surface area contributed by atoms with Crippen LogP contribution in [0.4, 0.5) is 11.4 Å². The highest BCUT2D eigenvalue weighted by Gasteiger charge is 2.19. The van der Waals surface area contributed by atoms with Gasteiger partial charge in [-0.3, -0.25) is 9.52 Å². The van der Waals surface area contributed by atoms with Crippen LogP contribution in [0.15, 0.2) is 77.7 Å². The molecule has 150 valence electrons. The van der Waals surface area contributed by atoms with Gasteiger partial charge in [0, 0.05) is 5.56 Å². The fraction of sp³-hybridized carbons (Fsp3) is 0.0952. The van der Waals surface area contributed by atoms with Crippen LogP contribution in [0.5, 0.6) is 11.5 Å². The molecule has 0 saturated carbocycles. The second-order valence-corrected chi connectivity index (χ2v) is 7.67. The van der Waals surface area contributed by atoms with E-state index >= 15 is 0 Å². The molecule has 3 aromatic rings. The molecule has 0 radical (unpaired) electrons. The molecule has 0 heterocycles. The highest BCUT2D eigenvalue weighted by Crippen LogP contribution is 2.31. The Hall–Kier alpha value is -3.52. The summed E-state index contributed by atoms with van der Waals surface area (Å²) in [4.78, 5) is 12.4. The van der Waals surface area contributed by atoms with Gasteiger partial charge in [0.25, 0.3) is 15.9 Å². The van der Waals surface area contributed by atoms with Gasteiger partial charge in [0.2, 0.25) is 0 Å². The highest BCUT2D eigenvalue weighted by molar-refractivity contribution is 7.92. The molecule has 0 unspecified atom stereocenters. The van der Waals surface area contributed by atoms with Crippen molar-refractivity contribution in [1.29, 1.82) is 0 Å². The smallest absolute Gasteiger partial charge is 0.262 e. The lowest BCUT2D eigenvalue weighted by Gasteiger charge is -2.14. The summed E-state index contributed by atoms with van der Waals surface area (Å²) < 4.78 is 38.7. The first kappa shape index (κ1) is 20.2. The van der Waals surface area contributed by atoms with Crippen LogP contribution >= 0.6 is 0 Å².